The molecule has 7 nitrogen and oxygen atoms in total. The van der Waals surface area contributed by atoms with Crippen molar-refractivity contribution < 1.29 is 9.59 Å². The molecule has 0 saturated carbocycles. The number of hydrogen-bond acceptors (Lipinski definition) is 3. The number of benzene rings is 1. The molecule has 3 amide bonds. The first-order valence-electron chi connectivity index (χ1n) is 9.82. The summed E-state index contributed by atoms with van der Waals surface area (Å²) in [5.74, 6) is 0.545. The third kappa shape index (κ3) is 5.58. The Labute approximate surface area is 166 Å². The quantitative estimate of drug-likeness (QED) is 0.834. The number of likely N-dealkylation sites (tertiary alicyclic amines) is 1. The third-order valence-electron chi connectivity index (χ3n) is 5.14. The molecule has 0 bridgehead atoms. The smallest absolute Gasteiger partial charge is 0.321 e. The number of urea groups is 1. The van der Waals surface area contributed by atoms with Crippen molar-refractivity contribution >= 4 is 17.6 Å². The van der Waals surface area contributed by atoms with Crippen LogP contribution in [-0.4, -0.2) is 58.5 Å². The molecule has 0 spiro atoms. The highest BCUT2D eigenvalue weighted by atomic mass is 16.2. The summed E-state index contributed by atoms with van der Waals surface area (Å²) < 4.78 is 2.07. The van der Waals surface area contributed by atoms with Gasteiger partial charge in [0, 0.05) is 58.2 Å². The second-order valence-corrected chi connectivity index (χ2v) is 7.63. The van der Waals surface area contributed by atoms with Gasteiger partial charge in [-0.25, -0.2) is 9.78 Å². The van der Waals surface area contributed by atoms with E-state index >= 15 is 0 Å². The fourth-order valence-electron chi connectivity index (χ4n) is 3.57. The molecule has 7 heteroatoms. The summed E-state index contributed by atoms with van der Waals surface area (Å²) in [5.41, 5.74) is 1.82. The van der Waals surface area contributed by atoms with E-state index in [0.29, 0.717) is 18.8 Å². The van der Waals surface area contributed by atoms with Gasteiger partial charge in [-0.1, -0.05) is 12.1 Å². The van der Waals surface area contributed by atoms with Crippen LogP contribution in [0.15, 0.2) is 43.0 Å². The van der Waals surface area contributed by atoms with E-state index in [4.69, 9.17) is 0 Å². The SMILES string of the molecule is CN(C)C(=O)CCc1cccc(NC(=O)N2CCC[C@H](Cn3ccnc3)C2)c1. The lowest BCUT2D eigenvalue weighted by Gasteiger charge is -2.33. The third-order valence-corrected chi connectivity index (χ3v) is 5.14. The Balaban J connectivity index is 1.53. The number of carbonyl (C=O) groups excluding carboxylic acids is 2. The second kappa shape index (κ2) is 9.39. The van der Waals surface area contributed by atoms with Crippen molar-refractivity contribution in [2.45, 2.75) is 32.2 Å². The molecule has 0 radical (unpaired) electrons. The van der Waals surface area contributed by atoms with Crippen LogP contribution in [0.25, 0.3) is 0 Å². The standard InChI is InChI=1S/C21H29N5O2/c1-24(2)20(27)9-8-17-5-3-7-19(13-17)23-21(28)26-11-4-6-18(15-26)14-25-12-10-22-16-25/h3,5,7,10,12-13,16,18H,4,6,8-9,11,14-15H2,1-2H3,(H,23,28)/t18-/m1/s1. The van der Waals surface area contributed by atoms with Gasteiger partial charge in [0.1, 0.15) is 0 Å². The van der Waals surface area contributed by atoms with Crippen LogP contribution in [0.5, 0.6) is 0 Å². The minimum atomic E-state index is -0.0585. The average molecular weight is 383 g/mol. The minimum absolute atomic E-state index is 0.0585. The lowest BCUT2D eigenvalue weighted by molar-refractivity contribution is -0.128. The van der Waals surface area contributed by atoms with Crippen LogP contribution in [0, 0.1) is 5.92 Å². The molecule has 150 valence electrons. The van der Waals surface area contributed by atoms with Crippen molar-refractivity contribution in [1.82, 2.24) is 19.4 Å². The van der Waals surface area contributed by atoms with Crippen LogP contribution in [-0.2, 0) is 17.8 Å². The molecule has 2 heterocycles. The minimum Gasteiger partial charge on any atom is -0.349 e. The van der Waals surface area contributed by atoms with Crippen molar-refractivity contribution in [3.8, 4) is 0 Å². The fourth-order valence-corrected chi connectivity index (χ4v) is 3.57. The first-order valence-corrected chi connectivity index (χ1v) is 9.82. The molecular weight excluding hydrogens is 354 g/mol. The molecule has 1 aliphatic heterocycles. The van der Waals surface area contributed by atoms with E-state index in [2.05, 4.69) is 14.9 Å². The van der Waals surface area contributed by atoms with Gasteiger partial charge in [0.15, 0.2) is 0 Å². The fraction of sp³-hybridized carbons (Fsp3) is 0.476. The highest BCUT2D eigenvalue weighted by Crippen LogP contribution is 2.20. The Morgan fingerprint density at radius 1 is 1.32 bits per heavy atom. The zero-order valence-electron chi connectivity index (χ0n) is 16.7. The van der Waals surface area contributed by atoms with Crippen molar-refractivity contribution in [3.05, 3.63) is 48.5 Å². The van der Waals surface area contributed by atoms with Gasteiger partial charge < -0.3 is 19.7 Å². The van der Waals surface area contributed by atoms with Crippen LogP contribution in [0.1, 0.15) is 24.8 Å². The number of hydrogen-bond donors (Lipinski definition) is 1. The Bertz CT molecular complexity index is 788. The van der Waals surface area contributed by atoms with Gasteiger partial charge in [-0.05, 0) is 42.9 Å². The van der Waals surface area contributed by atoms with Crippen LogP contribution < -0.4 is 5.32 Å². The Kier molecular flexibility index (Phi) is 6.68. The summed E-state index contributed by atoms with van der Waals surface area (Å²) in [6.07, 6.45) is 8.84. The van der Waals surface area contributed by atoms with Crippen molar-refractivity contribution in [2.24, 2.45) is 5.92 Å². The maximum Gasteiger partial charge on any atom is 0.321 e. The Morgan fingerprint density at radius 2 is 2.18 bits per heavy atom. The molecule has 1 fully saturated rings. The van der Waals surface area contributed by atoms with Crippen molar-refractivity contribution in [3.63, 3.8) is 0 Å². The summed E-state index contributed by atoms with van der Waals surface area (Å²) in [4.78, 5) is 32.1. The van der Waals surface area contributed by atoms with Crippen LogP contribution in [0.2, 0.25) is 0 Å². The molecule has 1 saturated heterocycles. The number of rotatable bonds is 6. The van der Waals surface area contributed by atoms with Crippen molar-refractivity contribution in [2.75, 3.05) is 32.5 Å². The lowest BCUT2D eigenvalue weighted by atomic mass is 9.98. The van der Waals surface area contributed by atoms with E-state index in [9.17, 15) is 9.59 Å². The maximum absolute atomic E-state index is 12.7. The zero-order valence-corrected chi connectivity index (χ0v) is 16.7. The monoisotopic (exact) mass is 383 g/mol. The number of nitrogens with one attached hydrogen (secondary N) is 1. The number of nitrogens with zero attached hydrogens (tertiary/aromatic N) is 4. The number of aryl methyl sites for hydroxylation is 1. The molecule has 1 atom stereocenters. The van der Waals surface area contributed by atoms with Gasteiger partial charge in [0.05, 0.1) is 6.33 Å². The largest absolute Gasteiger partial charge is 0.349 e. The first-order chi connectivity index (χ1) is 13.5. The van der Waals surface area contributed by atoms with E-state index in [0.717, 1.165) is 43.7 Å². The molecule has 2 aromatic rings. The molecule has 3 rings (SSSR count). The molecular formula is C21H29N5O2. The molecule has 0 aliphatic carbocycles. The number of imidazole rings is 1. The number of piperidine rings is 1. The number of aromatic nitrogens is 2. The van der Waals surface area contributed by atoms with E-state index in [1.165, 1.54) is 0 Å². The summed E-state index contributed by atoms with van der Waals surface area (Å²) >= 11 is 0. The van der Waals surface area contributed by atoms with Gasteiger partial charge in [-0.2, -0.15) is 0 Å². The van der Waals surface area contributed by atoms with Gasteiger partial charge in [-0.3, -0.25) is 4.79 Å². The van der Waals surface area contributed by atoms with Crippen LogP contribution in [0.3, 0.4) is 0 Å². The molecule has 1 N–H and O–H groups in total. The average Bonchev–Trinajstić information content (AvgIpc) is 3.19. The zero-order chi connectivity index (χ0) is 19.9. The van der Waals surface area contributed by atoms with Gasteiger partial charge in [0.2, 0.25) is 5.91 Å². The van der Waals surface area contributed by atoms with Crippen LogP contribution >= 0.6 is 0 Å². The Hall–Kier alpha value is -2.83. The number of carbonyl (C=O) groups is 2. The maximum atomic E-state index is 12.7. The van der Waals surface area contributed by atoms with Crippen molar-refractivity contribution in [1.29, 1.82) is 0 Å². The summed E-state index contributed by atoms with van der Waals surface area (Å²) in [7, 11) is 3.52. The summed E-state index contributed by atoms with van der Waals surface area (Å²) in [5, 5.41) is 3.01. The molecule has 1 aliphatic rings. The number of anilines is 1. The lowest BCUT2D eigenvalue weighted by Crippen LogP contribution is -2.43. The van der Waals surface area contributed by atoms with E-state index in [-0.39, 0.29) is 11.9 Å². The van der Waals surface area contributed by atoms with Crippen LogP contribution in [0.4, 0.5) is 10.5 Å². The highest BCUT2D eigenvalue weighted by molar-refractivity contribution is 5.89. The first kappa shape index (κ1) is 19.9. The van der Waals surface area contributed by atoms with Gasteiger partial charge >= 0.3 is 6.03 Å². The predicted octanol–water partition coefficient (Wildman–Crippen LogP) is 2.85. The van der Waals surface area contributed by atoms with Gasteiger partial charge in [-0.15, -0.1) is 0 Å². The second-order valence-electron chi connectivity index (χ2n) is 7.63. The predicted molar refractivity (Wildman–Crippen MR) is 109 cm³/mol. The molecule has 1 aromatic heterocycles. The molecule has 28 heavy (non-hydrogen) atoms. The molecule has 0 unspecified atom stereocenters. The number of amides is 3. The van der Waals surface area contributed by atoms with E-state index in [1.54, 1.807) is 25.2 Å². The normalized spacial score (nSPS) is 16.6. The summed E-state index contributed by atoms with van der Waals surface area (Å²) in [6, 6.07) is 7.69. The summed E-state index contributed by atoms with van der Waals surface area (Å²) in [6.45, 7) is 2.42. The van der Waals surface area contributed by atoms with E-state index < -0.39 is 0 Å². The topological polar surface area (TPSA) is 70.5 Å². The highest BCUT2D eigenvalue weighted by Gasteiger charge is 2.24. The molecule has 1 aromatic carbocycles. The van der Waals surface area contributed by atoms with E-state index in [1.807, 2.05) is 41.7 Å². The van der Waals surface area contributed by atoms with Gasteiger partial charge in [0.25, 0.3) is 0 Å². The Morgan fingerprint density at radius 3 is 2.93 bits per heavy atom.